The number of carbonyl (C=O) groups is 2. The Kier molecular flexibility index (Phi) is 4.68. The maximum atomic E-state index is 11.6. The zero-order valence-corrected chi connectivity index (χ0v) is 12.0. The third kappa shape index (κ3) is 4.03. The fraction of sp³-hybridized carbons (Fsp3) is 0.357. The van der Waals surface area contributed by atoms with Gasteiger partial charge in [-0.1, -0.05) is 0 Å². The summed E-state index contributed by atoms with van der Waals surface area (Å²) in [5.41, 5.74) is 1.32. The van der Waals surface area contributed by atoms with Crippen LogP contribution in [0.25, 0.3) is 0 Å². The van der Waals surface area contributed by atoms with Gasteiger partial charge in [0.05, 0.1) is 0 Å². The highest BCUT2D eigenvalue weighted by atomic mass is 32.1. The van der Waals surface area contributed by atoms with Crippen LogP contribution < -0.4 is 16.0 Å². The molecule has 1 aliphatic carbocycles. The molecular formula is C14H17N3O2S. The molecule has 5 nitrogen and oxygen atoms in total. The quantitative estimate of drug-likeness (QED) is 0.738. The topological polar surface area (TPSA) is 70.2 Å². The van der Waals surface area contributed by atoms with Gasteiger partial charge in [-0.2, -0.15) is 0 Å². The van der Waals surface area contributed by atoms with Crippen molar-refractivity contribution in [3.05, 3.63) is 29.8 Å². The number of thiocarbonyl (C=S) groups is 1. The molecule has 0 aromatic heterocycles. The second-order valence-electron chi connectivity index (χ2n) is 4.65. The number of anilines is 1. The Labute approximate surface area is 123 Å². The van der Waals surface area contributed by atoms with Gasteiger partial charge >= 0.3 is 0 Å². The van der Waals surface area contributed by atoms with Crippen molar-refractivity contribution in [3.63, 3.8) is 0 Å². The summed E-state index contributed by atoms with van der Waals surface area (Å²) in [6.07, 6.45) is 1.88. The van der Waals surface area contributed by atoms with Crippen molar-refractivity contribution in [1.82, 2.24) is 10.6 Å². The first-order valence-electron chi connectivity index (χ1n) is 6.60. The summed E-state index contributed by atoms with van der Waals surface area (Å²) < 4.78 is 0. The molecule has 3 N–H and O–H groups in total. The van der Waals surface area contributed by atoms with Gasteiger partial charge < -0.3 is 16.0 Å². The number of hydrogen-bond donors (Lipinski definition) is 3. The van der Waals surface area contributed by atoms with Crippen molar-refractivity contribution in [2.45, 2.75) is 19.8 Å². The molecule has 1 aromatic rings. The standard InChI is InChI=1S/C14H17N3O2S/c1-2-15-12(18)9-5-7-11(8-6-9)16-14(20)17-13(19)10-3-4-10/h5-8,10H,2-4H2,1H3,(H,15,18)(H2,16,17,19,20). The monoisotopic (exact) mass is 291 g/mol. The molecule has 1 saturated carbocycles. The molecule has 1 aliphatic rings. The van der Waals surface area contributed by atoms with Crippen molar-refractivity contribution in [3.8, 4) is 0 Å². The molecule has 0 bridgehead atoms. The Morgan fingerprint density at radius 3 is 2.45 bits per heavy atom. The fourth-order valence-corrected chi connectivity index (χ4v) is 1.91. The van der Waals surface area contributed by atoms with Crippen molar-refractivity contribution < 1.29 is 9.59 Å². The van der Waals surface area contributed by atoms with Crippen LogP contribution >= 0.6 is 12.2 Å². The van der Waals surface area contributed by atoms with E-state index in [0.29, 0.717) is 12.1 Å². The van der Waals surface area contributed by atoms with Crippen LogP contribution in [0, 0.1) is 5.92 Å². The molecule has 1 aromatic carbocycles. The van der Waals surface area contributed by atoms with Gasteiger partial charge in [-0.15, -0.1) is 0 Å². The van der Waals surface area contributed by atoms with Crippen LogP contribution in [0.4, 0.5) is 5.69 Å². The van der Waals surface area contributed by atoms with Crippen LogP contribution in [0.1, 0.15) is 30.1 Å². The maximum absolute atomic E-state index is 11.6. The minimum atomic E-state index is -0.108. The van der Waals surface area contributed by atoms with Crippen molar-refractivity contribution in [1.29, 1.82) is 0 Å². The van der Waals surface area contributed by atoms with Crippen molar-refractivity contribution >= 4 is 34.8 Å². The van der Waals surface area contributed by atoms with Gasteiger partial charge in [0.15, 0.2) is 5.11 Å². The average Bonchev–Trinajstić information content (AvgIpc) is 3.24. The van der Waals surface area contributed by atoms with Crippen LogP contribution in [0.3, 0.4) is 0 Å². The van der Waals surface area contributed by atoms with Crippen LogP contribution in [0.15, 0.2) is 24.3 Å². The molecule has 0 aliphatic heterocycles. The summed E-state index contributed by atoms with van der Waals surface area (Å²) in [5.74, 6) is -0.0139. The normalized spacial score (nSPS) is 13.4. The largest absolute Gasteiger partial charge is 0.352 e. The molecule has 0 atom stereocenters. The maximum Gasteiger partial charge on any atom is 0.251 e. The Bertz CT molecular complexity index is 524. The van der Waals surface area contributed by atoms with E-state index in [-0.39, 0.29) is 22.8 Å². The summed E-state index contributed by atoms with van der Waals surface area (Å²) in [7, 11) is 0. The van der Waals surface area contributed by atoms with Crippen LogP contribution in [0.2, 0.25) is 0 Å². The molecule has 20 heavy (non-hydrogen) atoms. The highest BCUT2D eigenvalue weighted by molar-refractivity contribution is 7.80. The molecule has 1 fully saturated rings. The van der Waals surface area contributed by atoms with E-state index >= 15 is 0 Å². The van der Waals surface area contributed by atoms with E-state index in [1.54, 1.807) is 24.3 Å². The van der Waals surface area contributed by atoms with Crippen LogP contribution in [-0.4, -0.2) is 23.5 Å². The number of benzene rings is 1. The minimum absolute atomic E-state index is 0.0264. The van der Waals surface area contributed by atoms with Gasteiger partial charge in [0.2, 0.25) is 5.91 Å². The lowest BCUT2D eigenvalue weighted by atomic mass is 10.2. The van der Waals surface area contributed by atoms with Crippen molar-refractivity contribution in [2.24, 2.45) is 5.92 Å². The first kappa shape index (κ1) is 14.5. The summed E-state index contributed by atoms with van der Waals surface area (Å²) in [5, 5.41) is 8.58. The second kappa shape index (κ2) is 6.47. The first-order valence-corrected chi connectivity index (χ1v) is 7.01. The Morgan fingerprint density at radius 2 is 1.90 bits per heavy atom. The van der Waals surface area contributed by atoms with E-state index in [1.165, 1.54) is 0 Å². The van der Waals surface area contributed by atoms with Gasteiger partial charge in [0, 0.05) is 23.7 Å². The molecular weight excluding hydrogens is 274 g/mol. The summed E-state index contributed by atoms with van der Waals surface area (Å²) >= 11 is 5.06. The number of rotatable bonds is 4. The van der Waals surface area contributed by atoms with E-state index in [4.69, 9.17) is 12.2 Å². The SMILES string of the molecule is CCNC(=O)c1ccc(NC(=S)NC(=O)C2CC2)cc1. The van der Waals surface area contributed by atoms with Gasteiger partial charge in [0.1, 0.15) is 0 Å². The molecule has 0 radical (unpaired) electrons. The minimum Gasteiger partial charge on any atom is -0.352 e. The average molecular weight is 291 g/mol. The second-order valence-corrected chi connectivity index (χ2v) is 5.06. The zero-order chi connectivity index (χ0) is 14.5. The first-order chi connectivity index (χ1) is 9.60. The Balaban J connectivity index is 1.87. The Morgan fingerprint density at radius 1 is 1.25 bits per heavy atom. The smallest absolute Gasteiger partial charge is 0.251 e. The number of nitrogens with one attached hydrogen (secondary N) is 3. The van der Waals surface area contributed by atoms with E-state index in [1.807, 2.05) is 6.92 Å². The van der Waals surface area contributed by atoms with E-state index in [9.17, 15) is 9.59 Å². The van der Waals surface area contributed by atoms with Gasteiger partial charge in [-0.3, -0.25) is 9.59 Å². The molecule has 0 heterocycles. The third-order valence-electron chi connectivity index (χ3n) is 2.93. The zero-order valence-electron chi connectivity index (χ0n) is 11.2. The lowest BCUT2D eigenvalue weighted by molar-refractivity contribution is -0.120. The van der Waals surface area contributed by atoms with E-state index in [0.717, 1.165) is 18.5 Å². The molecule has 2 rings (SSSR count). The van der Waals surface area contributed by atoms with Gasteiger partial charge in [-0.25, -0.2) is 0 Å². The molecule has 0 saturated heterocycles. The lowest BCUT2D eigenvalue weighted by Crippen LogP contribution is -2.35. The lowest BCUT2D eigenvalue weighted by Gasteiger charge is -2.09. The number of amides is 2. The van der Waals surface area contributed by atoms with Crippen LogP contribution in [-0.2, 0) is 4.79 Å². The fourth-order valence-electron chi connectivity index (χ4n) is 1.69. The Hall–Kier alpha value is -1.95. The van der Waals surface area contributed by atoms with E-state index < -0.39 is 0 Å². The van der Waals surface area contributed by atoms with Crippen molar-refractivity contribution in [2.75, 3.05) is 11.9 Å². The predicted octanol–water partition coefficient (Wildman–Crippen LogP) is 1.66. The summed E-state index contributed by atoms with van der Waals surface area (Å²) in [6.45, 7) is 2.46. The van der Waals surface area contributed by atoms with Gasteiger partial charge in [-0.05, 0) is 56.2 Å². The molecule has 2 amide bonds. The molecule has 0 spiro atoms. The van der Waals surface area contributed by atoms with Crippen LogP contribution in [0.5, 0.6) is 0 Å². The van der Waals surface area contributed by atoms with Gasteiger partial charge in [0.25, 0.3) is 5.91 Å². The predicted molar refractivity (Wildman–Crippen MR) is 81.5 cm³/mol. The summed E-state index contributed by atoms with van der Waals surface area (Å²) in [4.78, 5) is 23.1. The number of hydrogen-bond acceptors (Lipinski definition) is 3. The highest BCUT2D eigenvalue weighted by Gasteiger charge is 2.29. The third-order valence-corrected chi connectivity index (χ3v) is 3.13. The molecule has 106 valence electrons. The highest BCUT2D eigenvalue weighted by Crippen LogP contribution is 2.28. The molecule has 0 unspecified atom stereocenters. The summed E-state index contributed by atoms with van der Waals surface area (Å²) in [6, 6.07) is 6.91. The van der Waals surface area contributed by atoms with E-state index in [2.05, 4.69) is 16.0 Å². The number of carbonyl (C=O) groups excluding carboxylic acids is 2. The molecule has 6 heteroatoms.